The molecule has 0 aliphatic heterocycles. The number of rotatable bonds is 6. The van der Waals surface area contributed by atoms with Crippen LogP contribution in [0.1, 0.15) is 26.6 Å². The van der Waals surface area contributed by atoms with Gasteiger partial charge in [0.1, 0.15) is 5.82 Å². The second-order valence-electron chi connectivity index (χ2n) is 6.90. The minimum Gasteiger partial charge on any atom is -0.310 e. The molecule has 0 atom stereocenters. The van der Waals surface area contributed by atoms with E-state index in [0.717, 1.165) is 10.7 Å². The molecule has 4 aromatic rings. The summed E-state index contributed by atoms with van der Waals surface area (Å²) in [5, 5.41) is 13.1. The molecule has 0 radical (unpaired) electrons. The number of thiazole rings is 1. The van der Waals surface area contributed by atoms with Crippen LogP contribution in [0, 0.1) is 6.92 Å². The first-order valence-corrected chi connectivity index (χ1v) is 11.3. The predicted molar refractivity (Wildman–Crippen MR) is 120 cm³/mol. The largest absolute Gasteiger partial charge is 0.418 e. The molecule has 7 nitrogen and oxygen atoms in total. The van der Waals surface area contributed by atoms with Gasteiger partial charge in [0.2, 0.25) is 5.91 Å². The van der Waals surface area contributed by atoms with Crippen LogP contribution in [0.15, 0.2) is 53.2 Å². The van der Waals surface area contributed by atoms with Gasteiger partial charge in [0.15, 0.2) is 5.13 Å². The van der Waals surface area contributed by atoms with Crippen molar-refractivity contribution in [1.29, 1.82) is 0 Å². The molecule has 1 aromatic carbocycles. The lowest BCUT2D eigenvalue weighted by Crippen LogP contribution is -2.19. The molecule has 0 aliphatic rings. The molecule has 0 fully saturated rings. The summed E-state index contributed by atoms with van der Waals surface area (Å²) in [6.07, 6.45) is -4.71. The number of nitrogens with zero attached hydrogens (tertiary/aromatic N) is 3. The van der Waals surface area contributed by atoms with Crippen molar-refractivity contribution >= 4 is 45.4 Å². The molecule has 3 aromatic heterocycles. The van der Waals surface area contributed by atoms with Gasteiger partial charge in [0.25, 0.3) is 5.91 Å². The molecule has 3 heterocycles. The zero-order valence-corrected chi connectivity index (χ0v) is 18.6. The van der Waals surface area contributed by atoms with Crippen molar-refractivity contribution in [2.45, 2.75) is 19.5 Å². The van der Waals surface area contributed by atoms with Crippen LogP contribution in [0.4, 0.5) is 24.1 Å². The topological polar surface area (TPSA) is 88.9 Å². The Labute approximate surface area is 193 Å². The fourth-order valence-electron chi connectivity index (χ4n) is 3.03. The first kappa shape index (κ1) is 22.7. The molecule has 33 heavy (non-hydrogen) atoms. The summed E-state index contributed by atoms with van der Waals surface area (Å²) in [5.41, 5.74) is -0.207. The van der Waals surface area contributed by atoms with Crippen LogP contribution in [0.5, 0.6) is 0 Å². The van der Waals surface area contributed by atoms with E-state index in [-0.39, 0.29) is 23.8 Å². The fourth-order valence-corrected chi connectivity index (χ4v) is 4.36. The first-order valence-electron chi connectivity index (χ1n) is 9.53. The first-order chi connectivity index (χ1) is 15.7. The number of thiophene rings is 1. The maximum Gasteiger partial charge on any atom is 0.418 e. The molecule has 0 saturated heterocycles. The third-order valence-electron chi connectivity index (χ3n) is 4.40. The minimum atomic E-state index is -4.58. The van der Waals surface area contributed by atoms with Crippen molar-refractivity contribution < 1.29 is 22.8 Å². The van der Waals surface area contributed by atoms with Gasteiger partial charge >= 0.3 is 6.18 Å². The highest BCUT2D eigenvalue weighted by Crippen LogP contribution is 2.34. The highest BCUT2D eigenvalue weighted by Gasteiger charge is 2.34. The predicted octanol–water partition coefficient (Wildman–Crippen LogP) is 5.15. The Hall–Kier alpha value is -3.51. The molecule has 170 valence electrons. The van der Waals surface area contributed by atoms with Gasteiger partial charge in [-0.3, -0.25) is 14.9 Å². The van der Waals surface area contributed by atoms with Gasteiger partial charge in [-0.05, 0) is 30.5 Å². The van der Waals surface area contributed by atoms with Crippen LogP contribution in [-0.2, 0) is 17.4 Å². The lowest BCUT2D eigenvalue weighted by Gasteiger charge is -2.15. The van der Waals surface area contributed by atoms with E-state index in [1.807, 2.05) is 0 Å². The molecule has 2 N–H and O–H groups in total. The number of benzene rings is 1. The van der Waals surface area contributed by atoms with Gasteiger partial charge in [-0.2, -0.15) is 18.3 Å². The van der Waals surface area contributed by atoms with Crippen LogP contribution in [0.2, 0.25) is 0 Å². The summed E-state index contributed by atoms with van der Waals surface area (Å²) in [4.78, 5) is 29.5. The SMILES string of the molecule is Cc1cc(NC(=O)Cc2csc(NC(=O)c3cccs3)n2)n(-c2ccccc2C(F)(F)F)n1. The third-order valence-corrected chi connectivity index (χ3v) is 6.07. The standard InChI is InChI=1S/C21H16F3N5O2S2/c1-12-9-17(29(28-12)15-6-3-2-5-14(15)21(22,23)24)26-18(30)10-13-11-33-20(25-13)27-19(31)16-7-4-8-32-16/h2-9,11H,10H2,1H3,(H,26,30)(H,25,27,31). The molecule has 0 unspecified atom stereocenters. The summed E-state index contributed by atoms with van der Waals surface area (Å²) in [5.74, 6) is -0.671. The van der Waals surface area contributed by atoms with E-state index in [2.05, 4.69) is 20.7 Å². The Kier molecular flexibility index (Phi) is 6.29. The van der Waals surface area contributed by atoms with E-state index in [4.69, 9.17) is 0 Å². The van der Waals surface area contributed by atoms with Crippen molar-refractivity contribution in [3.8, 4) is 5.69 Å². The van der Waals surface area contributed by atoms with Crippen molar-refractivity contribution in [1.82, 2.24) is 14.8 Å². The zero-order valence-electron chi connectivity index (χ0n) is 17.0. The Morgan fingerprint density at radius 3 is 2.61 bits per heavy atom. The van der Waals surface area contributed by atoms with Gasteiger partial charge in [0, 0.05) is 11.4 Å². The second kappa shape index (κ2) is 9.16. The monoisotopic (exact) mass is 491 g/mol. The van der Waals surface area contributed by atoms with Crippen molar-refractivity contribution in [2.75, 3.05) is 10.6 Å². The normalized spacial score (nSPS) is 11.4. The van der Waals surface area contributed by atoms with E-state index in [0.29, 0.717) is 21.4 Å². The van der Waals surface area contributed by atoms with Crippen LogP contribution in [0.25, 0.3) is 5.69 Å². The Balaban J connectivity index is 1.48. The van der Waals surface area contributed by atoms with E-state index < -0.39 is 17.6 Å². The highest BCUT2D eigenvalue weighted by molar-refractivity contribution is 7.14. The molecule has 0 spiro atoms. The van der Waals surface area contributed by atoms with Crippen LogP contribution in [-0.4, -0.2) is 26.6 Å². The van der Waals surface area contributed by atoms with Crippen LogP contribution >= 0.6 is 22.7 Å². The molecular formula is C21H16F3N5O2S2. The number of nitrogens with one attached hydrogen (secondary N) is 2. The van der Waals surface area contributed by atoms with Gasteiger partial charge < -0.3 is 5.32 Å². The fraction of sp³-hybridized carbons (Fsp3) is 0.143. The van der Waals surface area contributed by atoms with Gasteiger partial charge in [-0.25, -0.2) is 9.67 Å². The zero-order chi connectivity index (χ0) is 23.6. The number of carbonyl (C=O) groups excluding carboxylic acids is 2. The van der Waals surface area contributed by atoms with Gasteiger partial charge in [-0.1, -0.05) is 18.2 Å². The number of alkyl halides is 3. The average Bonchev–Trinajstić information content (AvgIpc) is 3.49. The van der Waals surface area contributed by atoms with Crippen LogP contribution < -0.4 is 10.6 Å². The number of aryl methyl sites for hydroxylation is 1. The molecule has 0 bridgehead atoms. The summed E-state index contributed by atoms with van der Waals surface area (Å²) in [7, 11) is 0. The Bertz CT molecular complexity index is 1300. The number of para-hydroxylation sites is 1. The quantitative estimate of drug-likeness (QED) is 0.390. The van der Waals surface area contributed by atoms with Crippen molar-refractivity contribution in [2.24, 2.45) is 0 Å². The summed E-state index contributed by atoms with van der Waals surface area (Å²) in [6.45, 7) is 1.62. The van der Waals surface area contributed by atoms with Crippen molar-refractivity contribution in [3.63, 3.8) is 0 Å². The summed E-state index contributed by atoms with van der Waals surface area (Å²) < 4.78 is 41.4. The number of halogens is 3. The molecule has 4 rings (SSSR count). The van der Waals surface area contributed by atoms with E-state index in [1.165, 1.54) is 46.9 Å². The maximum absolute atomic E-state index is 13.4. The minimum absolute atomic E-state index is 0.107. The number of anilines is 2. The number of hydrogen-bond donors (Lipinski definition) is 2. The molecule has 0 aliphatic carbocycles. The molecule has 2 amide bonds. The lowest BCUT2D eigenvalue weighted by molar-refractivity contribution is -0.137. The molecule has 0 saturated carbocycles. The number of carbonyl (C=O) groups is 2. The molecule has 12 heteroatoms. The summed E-state index contributed by atoms with van der Waals surface area (Å²) in [6, 6.07) is 9.93. The smallest absolute Gasteiger partial charge is 0.310 e. The summed E-state index contributed by atoms with van der Waals surface area (Å²) >= 11 is 2.47. The van der Waals surface area contributed by atoms with Gasteiger partial charge in [-0.15, -0.1) is 22.7 Å². The van der Waals surface area contributed by atoms with E-state index >= 15 is 0 Å². The third kappa shape index (κ3) is 5.29. The number of hydrogen-bond acceptors (Lipinski definition) is 6. The second-order valence-corrected chi connectivity index (χ2v) is 8.70. The van der Waals surface area contributed by atoms with Crippen LogP contribution in [0.3, 0.4) is 0 Å². The highest BCUT2D eigenvalue weighted by atomic mass is 32.1. The average molecular weight is 492 g/mol. The number of aromatic nitrogens is 3. The number of amides is 2. The van der Waals surface area contributed by atoms with E-state index in [1.54, 1.807) is 29.8 Å². The Morgan fingerprint density at radius 1 is 1.09 bits per heavy atom. The van der Waals surface area contributed by atoms with E-state index in [9.17, 15) is 22.8 Å². The lowest BCUT2D eigenvalue weighted by atomic mass is 10.1. The maximum atomic E-state index is 13.4. The van der Waals surface area contributed by atoms with Gasteiger partial charge in [0.05, 0.1) is 33.9 Å². The molecular weight excluding hydrogens is 475 g/mol. The van der Waals surface area contributed by atoms with Crippen molar-refractivity contribution in [3.05, 3.63) is 75.1 Å². The Morgan fingerprint density at radius 2 is 1.88 bits per heavy atom.